The molecule has 0 amide bonds. The van der Waals surface area contributed by atoms with Crippen molar-refractivity contribution in [2.24, 2.45) is 0 Å². The summed E-state index contributed by atoms with van der Waals surface area (Å²) >= 11 is 0. The van der Waals surface area contributed by atoms with Gasteiger partial charge in [0.1, 0.15) is 5.69 Å². The standard InChI is InChI=1S/C11H9F3N2/c12-11(13,14)10-6-7-15-16(10)8-9-4-2-1-3-5-9/h1-7H,8H2. The fourth-order valence-corrected chi connectivity index (χ4v) is 1.46. The number of hydrogen-bond acceptors (Lipinski definition) is 1. The van der Waals surface area contributed by atoms with Gasteiger partial charge >= 0.3 is 6.18 Å². The molecule has 0 atom stereocenters. The van der Waals surface area contributed by atoms with E-state index in [0.717, 1.165) is 22.5 Å². The Kier molecular flexibility index (Phi) is 2.68. The molecule has 1 heterocycles. The van der Waals surface area contributed by atoms with Crippen LogP contribution in [0.3, 0.4) is 0 Å². The molecule has 0 unspecified atom stereocenters. The van der Waals surface area contributed by atoms with Crippen LogP contribution >= 0.6 is 0 Å². The van der Waals surface area contributed by atoms with Crippen LogP contribution < -0.4 is 0 Å². The molecular formula is C11H9F3N2. The van der Waals surface area contributed by atoms with Gasteiger partial charge in [-0.2, -0.15) is 18.3 Å². The topological polar surface area (TPSA) is 17.8 Å². The Morgan fingerprint density at radius 2 is 1.75 bits per heavy atom. The van der Waals surface area contributed by atoms with E-state index in [-0.39, 0.29) is 6.54 Å². The van der Waals surface area contributed by atoms with Crippen LogP contribution in [0.1, 0.15) is 11.3 Å². The van der Waals surface area contributed by atoms with E-state index >= 15 is 0 Å². The van der Waals surface area contributed by atoms with Gasteiger partial charge in [0.2, 0.25) is 0 Å². The van der Waals surface area contributed by atoms with Crippen molar-refractivity contribution in [1.82, 2.24) is 9.78 Å². The second kappa shape index (κ2) is 4.00. The average Bonchev–Trinajstić information content (AvgIpc) is 2.67. The predicted octanol–water partition coefficient (Wildman–Crippen LogP) is 2.95. The Labute approximate surface area is 90.3 Å². The normalized spacial score (nSPS) is 11.7. The Balaban J connectivity index is 2.26. The molecule has 0 fully saturated rings. The zero-order valence-corrected chi connectivity index (χ0v) is 8.28. The number of nitrogens with zero attached hydrogens (tertiary/aromatic N) is 2. The van der Waals surface area contributed by atoms with Gasteiger partial charge in [-0.15, -0.1) is 0 Å². The van der Waals surface area contributed by atoms with Gasteiger partial charge in [-0.3, -0.25) is 4.68 Å². The van der Waals surface area contributed by atoms with E-state index in [0.29, 0.717) is 0 Å². The smallest absolute Gasteiger partial charge is 0.256 e. The fourth-order valence-electron chi connectivity index (χ4n) is 1.46. The van der Waals surface area contributed by atoms with E-state index in [1.54, 1.807) is 24.3 Å². The van der Waals surface area contributed by atoms with Crippen LogP contribution in [0.5, 0.6) is 0 Å². The molecule has 0 saturated carbocycles. The summed E-state index contributed by atoms with van der Waals surface area (Å²) in [7, 11) is 0. The molecular weight excluding hydrogens is 217 g/mol. The Morgan fingerprint density at radius 3 is 2.38 bits per heavy atom. The quantitative estimate of drug-likeness (QED) is 0.769. The van der Waals surface area contributed by atoms with Gasteiger partial charge in [-0.05, 0) is 11.6 Å². The van der Waals surface area contributed by atoms with Gasteiger partial charge in [0.15, 0.2) is 0 Å². The third-order valence-electron chi connectivity index (χ3n) is 2.18. The highest BCUT2D eigenvalue weighted by Crippen LogP contribution is 2.29. The maximum absolute atomic E-state index is 12.5. The van der Waals surface area contributed by atoms with Crippen LogP contribution in [-0.2, 0) is 12.7 Å². The summed E-state index contributed by atoms with van der Waals surface area (Å²) in [5, 5.41) is 3.67. The van der Waals surface area contributed by atoms with E-state index in [4.69, 9.17) is 0 Å². The first-order chi connectivity index (χ1) is 7.57. The molecule has 0 aliphatic heterocycles. The maximum atomic E-state index is 12.5. The molecule has 1 aromatic carbocycles. The van der Waals surface area contributed by atoms with Gasteiger partial charge in [-0.1, -0.05) is 30.3 Å². The Hall–Kier alpha value is -1.78. The molecule has 1 aromatic heterocycles. The molecule has 16 heavy (non-hydrogen) atoms. The van der Waals surface area contributed by atoms with E-state index in [2.05, 4.69) is 5.10 Å². The molecule has 0 spiro atoms. The monoisotopic (exact) mass is 226 g/mol. The summed E-state index contributed by atoms with van der Waals surface area (Å²) in [5.74, 6) is 0. The van der Waals surface area contributed by atoms with E-state index < -0.39 is 11.9 Å². The van der Waals surface area contributed by atoms with Crippen molar-refractivity contribution in [1.29, 1.82) is 0 Å². The highest BCUT2D eigenvalue weighted by molar-refractivity contribution is 5.16. The summed E-state index contributed by atoms with van der Waals surface area (Å²) in [6, 6.07) is 9.89. The van der Waals surface area contributed by atoms with Crippen molar-refractivity contribution in [2.75, 3.05) is 0 Å². The summed E-state index contributed by atoms with van der Waals surface area (Å²) in [4.78, 5) is 0. The number of rotatable bonds is 2. The molecule has 2 aromatic rings. The largest absolute Gasteiger partial charge is 0.433 e. The van der Waals surface area contributed by atoms with Gasteiger partial charge < -0.3 is 0 Å². The summed E-state index contributed by atoms with van der Waals surface area (Å²) in [6.45, 7) is 0.128. The molecule has 5 heteroatoms. The molecule has 2 rings (SSSR count). The highest BCUT2D eigenvalue weighted by atomic mass is 19.4. The van der Waals surface area contributed by atoms with Gasteiger partial charge in [0.25, 0.3) is 0 Å². The average molecular weight is 226 g/mol. The lowest BCUT2D eigenvalue weighted by atomic mass is 10.2. The lowest BCUT2D eigenvalue weighted by Crippen LogP contribution is -2.15. The number of alkyl halides is 3. The van der Waals surface area contributed by atoms with E-state index in [1.807, 2.05) is 6.07 Å². The Bertz CT molecular complexity index is 460. The molecule has 0 aliphatic rings. The second-order valence-corrected chi connectivity index (χ2v) is 3.36. The molecule has 0 saturated heterocycles. The van der Waals surface area contributed by atoms with Crippen molar-refractivity contribution >= 4 is 0 Å². The number of halogens is 3. The van der Waals surface area contributed by atoms with Crippen LogP contribution in [0.4, 0.5) is 13.2 Å². The molecule has 0 bridgehead atoms. The minimum Gasteiger partial charge on any atom is -0.256 e. The minimum atomic E-state index is -4.36. The predicted molar refractivity (Wildman–Crippen MR) is 52.8 cm³/mol. The summed E-state index contributed by atoms with van der Waals surface area (Å²) < 4.78 is 38.5. The third kappa shape index (κ3) is 2.24. The van der Waals surface area contributed by atoms with Crippen LogP contribution in [0.2, 0.25) is 0 Å². The van der Waals surface area contributed by atoms with Gasteiger partial charge in [0.05, 0.1) is 6.54 Å². The third-order valence-corrected chi connectivity index (χ3v) is 2.18. The summed E-state index contributed by atoms with van der Waals surface area (Å²) in [5.41, 5.74) is 0.0630. The highest BCUT2D eigenvalue weighted by Gasteiger charge is 2.34. The first-order valence-corrected chi connectivity index (χ1v) is 4.70. The van der Waals surface area contributed by atoms with Crippen LogP contribution in [-0.4, -0.2) is 9.78 Å². The minimum absolute atomic E-state index is 0.128. The van der Waals surface area contributed by atoms with Crippen molar-refractivity contribution in [3.63, 3.8) is 0 Å². The van der Waals surface area contributed by atoms with Crippen LogP contribution in [0.15, 0.2) is 42.6 Å². The second-order valence-electron chi connectivity index (χ2n) is 3.36. The number of hydrogen-bond donors (Lipinski definition) is 0. The van der Waals surface area contributed by atoms with E-state index in [1.165, 1.54) is 0 Å². The molecule has 2 nitrogen and oxygen atoms in total. The lowest BCUT2D eigenvalue weighted by molar-refractivity contribution is -0.144. The molecule has 0 N–H and O–H groups in total. The zero-order valence-electron chi connectivity index (χ0n) is 8.28. The molecule has 0 radical (unpaired) electrons. The van der Waals surface area contributed by atoms with Gasteiger partial charge in [-0.25, -0.2) is 0 Å². The Morgan fingerprint density at radius 1 is 1.06 bits per heavy atom. The zero-order chi connectivity index (χ0) is 11.6. The van der Waals surface area contributed by atoms with Crippen molar-refractivity contribution in [3.05, 3.63) is 53.9 Å². The van der Waals surface area contributed by atoms with E-state index in [9.17, 15) is 13.2 Å². The lowest BCUT2D eigenvalue weighted by Gasteiger charge is -2.10. The first-order valence-electron chi connectivity index (χ1n) is 4.70. The first kappa shape index (κ1) is 10.7. The molecule has 84 valence electrons. The van der Waals surface area contributed by atoms with Crippen molar-refractivity contribution < 1.29 is 13.2 Å². The SMILES string of the molecule is FC(F)(F)c1ccnn1Cc1ccccc1. The fraction of sp³-hybridized carbons (Fsp3) is 0.182. The number of benzene rings is 1. The molecule has 0 aliphatic carbocycles. The maximum Gasteiger partial charge on any atom is 0.433 e. The van der Waals surface area contributed by atoms with Crippen LogP contribution in [0.25, 0.3) is 0 Å². The van der Waals surface area contributed by atoms with Crippen molar-refractivity contribution in [3.8, 4) is 0 Å². The van der Waals surface area contributed by atoms with Gasteiger partial charge in [0, 0.05) is 6.20 Å². The number of aromatic nitrogens is 2. The van der Waals surface area contributed by atoms with Crippen molar-refractivity contribution in [2.45, 2.75) is 12.7 Å². The summed E-state index contributed by atoms with van der Waals surface area (Å²) in [6.07, 6.45) is -3.20. The van der Waals surface area contributed by atoms with Crippen LogP contribution in [0, 0.1) is 0 Å².